The summed E-state index contributed by atoms with van der Waals surface area (Å²) in [5.41, 5.74) is 0.618. The zero-order valence-electron chi connectivity index (χ0n) is 13.9. The van der Waals surface area contributed by atoms with Gasteiger partial charge in [0.15, 0.2) is 0 Å². The number of ether oxygens (including phenoxy) is 2. The Morgan fingerprint density at radius 2 is 1.91 bits per heavy atom. The number of nitrogens with one attached hydrogen (secondary N) is 2. The van der Waals surface area contributed by atoms with Crippen molar-refractivity contribution >= 4 is 17.7 Å². The number of esters is 1. The van der Waals surface area contributed by atoms with Crippen LogP contribution in [0.4, 0.5) is 10.5 Å². The van der Waals surface area contributed by atoms with Crippen molar-refractivity contribution in [2.24, 2.45) is 0 Å². The highest BCUT2D eigenvalue weighted by Gasteiger charge is 2.31. The number of hydrogen-bond acceptors (Lipinski definition) is 6. The van der Waals surface area contributed by atoms with E-state index in [4.69, 9.17) is 4.74 Å². The van der Waals surface area contributed by atoms with Crippen LogP contribution in [0.2, 0.25) is 0 Å². The summed E-state index contributed by atoms with van der Waals surface area (Å²) in [7, 11) is 1.32. The number of aromatic nitrogens is 1. The summed E-state index contributed by atoms with van der Waals surface area (Å²) in [5.74, 6) is -0.457. The second kappa shape index (κ2) is 6.85. The fourth-order valence-corrected chi connectivity index (χ4v) is 2.27. The van der Waals surface area contributed by atoms with Gasteiger partial charge in [-0.05, 0) is 45.7 Å². The van der Waals surface area contributed by atoms with Gasteiger partial charge in [-0.15, -0.1) is 0 Å². The van der Waals surface area contributed by atoms with Crippen LogP contribution >= 0.6 is 0 Å². The Kier molecular flexibility index (Phi) is 5.08. The third-order valence-electron chi connectivity index (χ3n) is 3.39. The maximum absolute atomic E-state index is 11.6. The molecule has 0 aromatic carbocycles. The van der Waals surface area contributed by atoms with Crippen LogP contribution in [0.25, 0.3) is 0 Å². The highest BCUT2D eigenvalue weighted by molar-refractivity contribution is 5.87. The molecule has 1 aromatic rings. The maximum Gasteiger partial charge on any atom is 0.407 e. The fraction of sp³-hybridized carbons (Fsp3) is 0.562. The number of alkyl carbamates (subject to hydrolysis) is 1. The lowest BCUT2D eigenvalue weighted by atomic mass is 9.87. The Morgan fingerprint density at radius 3 is 2.43 bits per heavy atom. The highest BCUT2D eigenvalue weighted by atomic mass is 16.6. The average Bonchev–Trinajstić information content (AvgIpc) is 2.43. The SMILES string of the molecule is COC(=O)c1ccc(NC2CC(NC(=O)OC(C)(C)C)C2)cn1. The summed E-state index contributed by atoms with van der Waals surface area (Å²) in [4.78, 5) is 27.0. The van der Waals surface area contributed by atoms with Gasteiger partial charge in [-0.3, -0.25) is 0 Å². The Hall–Kier alpha value is -2.31. The summed E-state index contributed by atoms with van der Waals surface area (Å²) in [6.45, 7) is 5.51. The first kappa shape index (κ1) is 17.1. The van der Waals surface area contributed by atoms with Crippen LogP contribution in [0, 0.1) is 0 Å². The van der Waals surface area contributed by atoms with Crippen molar-refractivity contribution in [1.82, 2.24) is 10.3 Å². The number of carbonyl (C=O) groups excluding carboxylic acids is 2. The molecule has 2 rings (SSSR count). The second-order valence-corrected chi connectivity index (χ2v) is 6.58. The number of amides is 1. The van der Waals surface area contributed by atoms with E-state index in [-0.39, 0.29) is 23.9 Å². The molecule has 0 saturated heterocycles. The topological polar surface area (TPSA) is 89.6 Å². The van der Waals surface area contributed by atoms with E-state index in [9.17, 15) is 9.59 Å². The number of methoxy groups -OCH3 is 1. The van der Waals surface area contributed by atoms with E-state index in [0.29, 0.717) is 0 Å². The minimum Gasteiger partial charge on any atom is -0.464 e. The summed E-state index contributed by atoms with van der Waals surface area (Å²) >= 11 is 0. The Labute approximate surface area is 135 Å². The van der Waals surface area contributed by atoms with Crippen molar-refractivity contribution in [3.05, 3.63) is 24.0 Å². The molecule has 0 aliphatic heterocycles. The van der Waals surface area contributed by atoms with E-state index in [1.807, 2.05) is 20.8 Å². The van der Waals surface area contributed by atoms with Crippen molar-refractivity contribution in [2.75, 3.05) is 12.4 Å². The van der Waals surface area contributed by atoms with Crippen molar-refractivity contribution in [1.29, 1.82) is 0 Å². The third-order valence-corrected chi connectivity index (χ3v) is 3.39. The number of hydrogen-bond donors (Lipinski definition) is 2. The largest absolute Gasteiger partial charge is 0.464 e. The predicted molar refractivity (Wildman–Crippen MR) is 85.4 cm³/mol. The molecule has 1 saturated carbocycles. The van der Waals surface area contributed by atoms with Gasteiger partial charge >= 0.3 is 12.1 Å². The van der Waals surface area contributed by atoms with Crippen molar-refractivity contribution in [3.63, 3.8) is 0 Å². The normalized spacial score (nSPS) is 20.2. The second-order valence-electron chi connectivity index (χ2n) is 6.58. The van der Waals surface area contributed by atoms with Crippen molar-refractivity contribution < 1.29 is 19.1 Å². The Bertz CT molecular complexity index is 560. The van der Waals surface area contributed by atoms with Gasteiger partial charge in [-0.2, -0.15) is 0 Å². The molecule has 0 bridgehead atoms. The molecule has 1 fully saturated rings. The molecule has 7 nitrogen and oxygen atoms in total. The summed E-state index contributed by atoms with van der Waals surface area (Å²) in [5, 5.41) is 6.15. The van der Waals surface area contributed by atoms with Gasteiger partial charge in [0.05, 0.1) is 19.0 Å². The van der Waals surface area contributed by atoms with Gasteiger partial charge in [0, 0.05) is 12.1 Å². The maximum atomic E-state index is 11.6. The predicted octanol–water partition coefficient (Wildman–Crippen LogP) is 2.34. The van der Waals surface area contributed by atoms with Gasteiger partial charge < -0.3 is 20.1 Å². The third kappa shape index (κ3) is 5.12. The van der Waals surface area contributed by atoms with Gasteiger partial charge in [0.1, 0.15) is 11.3 Å². The lowest BCUT2D eigenvalue weighted by Crippen LogP contribution is -2.50. The highest BCUT2D eigenvalue weighted by Crippen LogP contribution is 2.24. The van der Waals surface area contributed by atoms with Crippen LogP contribution in [-0.2, 0) is 9.47 Å². The number of anilines is 1. The molecule has 0 radical (unpaired) electrons. The van der Waals surface area contributed by atoms with E-state index in [2.05, 4.69) is 20.4 Å². The standard InChI is InChI=1S/C16H23N3O4/c1-16(2,3)23-15(21)19-12-7-11(8-12)18-10-5-6-13(17-9-10)14(20)22-4/h5-6,9,11-12,18H,7-8H2,1-4H3,(H,19,21). The molecule has 0 atom stereocenters. The van der Waals surface area contributed by atoms with E-state index < -0.39 is 11.6 Å². The molecule has 1 aliphatic rings. The van der Waals surface area contributed by atoms with E-state index >= 15 is 0 Å². The van der Waals surface area contributed by atoms with Crippen molar-refractivity contribution in [3.8, 4) is 0 Å². The van der Waals surface area contributed by atoms with E-state index in [0.717, 1.165) is 18.5 Å². The molecule has 2 N–H and O–H groups in total. The van der Waals surface area contributed by atoms with E-state index in [1.54, 1.807) is 18.3 Å². The first-order chi connectivity index (χ1) is 10.8. The summed E-state index contributed by atoms with van der Waals surface area (Å²) in [6, 6.07) is 3.78. The van der Waals surface area contributed by atoms with Crippen LogP contribution in [0.3, 0.4) is 0 Å². The molecule has 7 heteroatoms. The molecule has 1 heterocycles. The molecular weight excluding hydrogens is 298 g/mol. The molecule has 1 aliphatic carbocycles. The minimum atomic E-state index is -0.488. The van der Waals surface area contributed by atoms with Crippen LogP contribution in [0.5, 0.6) is 0 Å². The Morgan fingerprint density at radius 1 is 1.22 bits per heavy atom. The Balaban J connectivity index is 1.74. The fourth-order valence-electron chi connectivity index (χ4n) is 2.27. The van der Waals surface area contributed by atoms with Gasteiger partial charge in [0.25, 0.3) is 0 Å². The average molecular weight is 321 g/mol. The number of pyridine rings is 1. The van der Waals surface area contributed by atoms with E-state index in [1.165, 1.54) is 7.11 Å². The lowest BCUT2D eigenvalue weighted by molar-refractivity contribution is 0.0475. The number of rotatable bonds is 4. The van der Waals surface area contributed by atoms with Gasteiger partial charge in [0.2, 0.25) is 0 Å². The first-order valence-corrected chi connectivity index (χ1v) is 7.57. The first-order valence-electron chi connectivity index (χ1n) is 7.57. The van der Waals surface area contributed by atoms with Crippen LogP contribution in [-0.4, -0.2) is 41.8 Å². The number of carbonyl (C=O) groups is 2. The molecule has 0 unspecified atom stereocenters. The molecular formula is C16H23N3O4. The monoisotopic (exact) mass is 321 g/mol. The summed E-state index contributed by atoms with van der Waals surface area (Å²) < 4.78 is 9.82. The molecule has 23 heavy (non-hydrogen) atoms. The van der Waals surface area contributed by atoms with Gasteiger partial charge in [-0.25, -0.2) is 14.6 Å². The van der Waals surface area contributed by atoms with Gasteiger partial charge in [-0.1, -0.05) is 0 Å². The molecule has 1 amide bonds. The van der Waals surface area contributed by atoms with Crippen LogP contribution < -0.4 is 10.6 Å². The zero-order chi connectivity index (χ0) is 17.0. The van der Waals surface area contributed by atoms with Crippen LogP contribution in [0.1, 0.15) is 44.1 Å². The minimum absolute atomic E-state index is 0.115. The van der Waals surface area contributed by atoms with Crippen LogP contribution in [0.15, 0.2) is 18.3 Å². The molecule has 0 spiro atoms. The van der Waals surface area contributed by atoms with Crippen molar-refractivity contribution in [2.45, 2.75) is 51.3 Å². The molecule has 1 aromatic heterocycles. The quantitative estimate of drug-likeness (QED) is 0.827. The zero-order valence-corrected chi connectivity index (χ0v) is 13.9. The molecule has 126 valence electrons. The number of nitrogens with zero attached hydrogens (tertiary/aromatic N) is 1. The summed E-state index contributed by atoms with van der Waals surface area (Å²) in [6.07, 6.45) is 2.85. The smallest absolute Gasteiger partial charge is 0.407 e. The lowest BCUT2D eigenvalue weighted by Gasteiger charge is -2.37.